The number of nitrogens with zero attached hydrogens (tertiary/aromatic N) is 1. The van der Waals surface area contributed by atoms with Gasteiger partial charge in [-0.05, 0) is 48.4 Å². The first kappa shape index (κ1) is 14.0. The van der Waals surface area contributed by atoms with E-state index in [1.54, 1.807) is 7.11 Å². The zero-order valence-corrected chi connectivity index (χ0v) is 12.5. The third kappa shape index (κ3) is 2.74. The highest BCUT2D eigenvalue weighted by Gasteiger charge is 2.33. The standard InChI is InChI=1S/C17H16ClNO2/c1-21-15-8-6-14(7-9-15)19-16(10-11-17(19)20)12-2-4-13(18)5-3-12/h2-9,16H,10-11H2,1H3. The molecular weight excluding hydrogens is 286 g/mol. The maximum atomic E-state index is 12.2. The molecule has 1 aliphatic heterocycles. The number of carbonyl (C=O) groups excluding carboxylic acids is 1. The number of methoxy groups -OCH3 is 1. The molecule has 1 fully saturated rings. The summed E-state index contributed by atoms with van der Waals surface area (Å²) in [7, 11) is 1.63. The van der Waals surface area contributed by atoms with Crippen LogP contribution >= 0.6 is 11.6 Å². The summed E-state index contributed by atoms with van der Waals surface area (Å²) in [5.41, 5.74) is 2.01. The molecule has 4 heteroatoms. The van der Waals surface area contributed by atoms with Crippen molar-refractivity contribution in [3.63, 3.8) is 0 Å². The van der Waals surface area contributed by atoms with E-state index in [1.807, 2.05) is 53.4 Å². The van der Waals surface area contributed by atoms with Gasteiger partial charge in [0.05, 0.1) is 13.2 Å². The third-order valence-electron chi connectivity index (χ3n) is 3.82. The van der Waals surface area contributed by atoms with Crippen LogP contribution < -0.4 is 9.64 Å². The van der Waals surface area contributed by atoms with Gasteiger partial charge in [0.2, 0.25) is 5.91 Å². The molecule has 2 aromatic carbocycles. The van der Waals surface area contributed by atoms with Gasteiger partial charge in [0.15, 0.2) is 0 Å². The molecule has 21 heavy (non-hydrogen) atoms. The summed E-state index contributed by atoms with van der Waals surface area (Å²) in [6.07, 6.45) is 1.39. The van der Waals surface area contributed by atoms with Crippen molar-refractivity contribution in [2.24, 2.45) is 0 Å². The van der Waals surface area contributed by atoms with Crippen LogP contribution in [0.25, 0.3) is 0 Å². The Hall–Kier alpha value is -2.00. The lowest BCUT2D eigenvalue weighted by atomic mass is 10.0. The Kier molecular flexibility index (Phi) is 3.84. The second kappa shape index (κ2) is 5.78. The molecule has 0 bridgehead atoms. The van der Waals surface area contributed by atoms with Crippen LogP contribution in [0.5, 0.6) is 5.75 Å². The molecule has 1 unspecified atom stereocenters. The van der Waals surface area contributed by atoms with Crippen molar-refractivity contribution in [3.05, 3.63) is 59.1 Å². The molecule has 3 nitrogen and oxygen atoms in total. The van der Waals surface area contributed by atoms with Crippen molar-refractivity contribution in [2.45, 2.75) is 18.9 Å². The van der Waals surface area contributed by atoms with E-state index in [1.165, 1.54) is 0 Å². The van der Waals surface area contributed by atoms with Gasteiger partial charge in [-0.25, -0.2) is 0 Å². The van der Waals surface area contributed by atoms with Crippen LogP contribution in [0.2, 0.25) is 5.02 Å². The summed E-state index contributed by atoms with van der Waals surface area (Å²) < 4.78 is 5.17. The van der Waals surface area contributed by atoms with Gasteiger partial charge >= 0.3 is 0 Å². The number of amides is 1. The van der Waals surface area contributed by atoms with E-state index in [0.717, 1.165) is 23.4 Å². The number of benzene rings is 2. The molecule has 2 aromatic rings. The second-order valence-corrected chi connectivity index (χ2v) is 5.50. The van der Waals surface area contributed by atoms with E-state index < -0.39 is 0 Å². The highest BCUT2D eigenvalue weighted by molar-refractivity contribution is 6.30. The molecule has 0 N–H and O–H groups in total. The highest BCUT2D eigenvalue weighted by Crippen LogP contribution is 2.37. The van der Waals surface area contributed by atoms with Crippen molar-refractivity contribution < 1.29 is 9.53 Å². The van der Waals surface area contributed by atoms with Crippen LogP contribution in [0.1, 0.15) is 24.4 Å². The Balaban J connectivity index is 1.93. The first-order valence-corrected chi connectivity index (χ1v) is 7.28. The van der Waals surface area contributed by atoms with Gasteiger partial charge in [-0.1, -0.05) is 23.7 Å². The van der Waals surface area contributed by atoms with Crippen LogP contribution in [-0.4, -0.2) is 13.0 Å². The van der Waals surface area contributed by atoms with Crippen LogP contribution in [0.15, 0.2) is 48.5 Å². The molecule has 1 heterocycles. The molecule has 0 aliphatic carbocycles. The maximum Gasteiger partial charge on any atom is 0.227 e. The van der Waals surface area contributed by atoms with Crippen molar-refractivity contribution >= 4 is 23.2 Å². The van der Waals surface area contributed by atoms with E-state index in [0.29, 0.717) is 11.4 Å². The molecular formula is C17H16ClNO2. The molecule has 1 atom stereocenters. The van der Waals surface area contributed by atoms with E-state index in [-0.39, 0.29) is 11.9 Å². The number of anilines is 1. The predicted octanol–water partition coefficient (Wildman–Crippen LogP) is 4.22. The number of hydrogen-bond donors (Lipinski definition) is 0. The Morgan fingerprint density at radius 1 is 1.10 bits per heavy atom. The topological polar surface area (TPSA) is 29.5 Å². The van der Waals surface area contributed by atoms with E-state index in [2.05, 4.69) is 0 Å². The smallest absolute Gasteiger partial charge is 0.227 e. The molecule has 0 saturated carbocycles. The Morgan fingerprint density at radius 3 is 2.38 bits per heavy atom. The number of rotatable bonds is 3. The average molecular weight is 302 g/mol. The lowest BCUT2D eigenvalue weighted by Crippen LogP contribution is -2.27. The van der Waals surface area contributed by atoms with E-state index in [4.69, 9.17) is 16.3 Å². The van der Waals surface area contributed by atoms with Gasteiger partial charge in [0.25, 0.3) is 0 Å². The summed E-state index contributed by atoms with van der Waals surface area (Å²) >= 11 is 5.94. The predicted molar refractivity (Wildman–Crippen MR) is 83.9 cm³/mol. The highest BCUT2D eigenvalue weighted by atomic mass is 35.5. The summed E-state index contributed by atoms with van der Waals surface area (Å²) in [6, 6.07) is 15.4. The lowest BCUT2D eigenvalue weighted by Gasteiger charge is -2.25. The van der Waals surface area contributed by atoms with Gasteiger partial charge in [0, 0.05) is 17.1 Å². The molecule has 0 radical (unpaired) electrons. The molecule has 1 aliphatic rings. The van der Waals surface area contributed by atoms with Gasteiger partial charge in [-0.3, -0.25) is 4.79 Å². The SMILES string of the molecule is COc1ccc(N2C(=O)CCC2c2ccc(Cl)cc2)cc1. The Labute approximate surface area is 129 Å². The van der Waals surface area contributed by atoms with Gasteiger partial charge < -0.3 is 9.64 Å². The maximum absolute atomic E-state index is 12.2. The average Bonchev–Trinajstić information content (AvgIpc) is 2.90. The first-order chi connectivity index (χ1) is 10.2. The lowest BCUT2D eigenvalue weighted by molar-refractivity contribution is -0.117. The van der Waals surface area contributed by atoms with Crippen LogP contribution in [-0.2, 0) is 4.79 Å². The van der Waals surface area contributed by atoms with Crippen LogP contribution in [0, 0.1) is 0 Å². The zero-order valence-electron chi connectivity index (χ0n) is 11.8. The normalized spacial score (nSPS) is 18.1. The van der Waals surface area contributed by atoms with Gasteiger partial charge in [0.1, 0.15) is 5.75 Å². The van der Waals surface area contributed by atoms with Crippen molar-refractivity contribution in [2.75, 3.05) is 12.0 Å². The number of ether oxygens (including phenoxy) is 1. The first-order valence-electron chi connectivity index (χ1n) is 6.90. The fourth-order valence-electron chi connectivity index (χ4n) is 2.75. The number of halogens is 1. The van der Waals surface area contributed by atoms with Crippen molar-refractivity contribution in [1.82, 2.24) is 0 Å². The summed E-state index contributed by atoms with van der Waals surface area (Å²) in [6.45, 7) is 0. The van der Waals surface area contributed by atoms with Crippen LogP contribution in [0.4, 0.5) is 5.69 Å². The molecule has 0 spiro atoms. The summed E-state index contributed by atoms with van der Waals surface area (Å²) in [5, 5.41) is 0.707. The van der Waals surface area contributed by atoms with Crippen molar-refractivity contribution in [3.8, 4) is 5.75 Å². The molecule has 3 rings (SSSR count). The van der Waals surface area contributed by atoms with Gasteiger partial charge in [-0.2, -0.15) is 0 Å². The minimum absolute atomic E-state index is 0.0724. The minimum Gasteiger partial charge on any atom is -0.497 e. The quantitative estimate of drug-likeness (QED) is 0.849. The Morgan fingerprint density at radius 2 is 1.76 bits per heavy atom. The van der Waals surface area contributed by atoms with E-state index >= 15 is 0 Å². The minimum atomic E-state index is 0.0724. The number of carbonyl (C=O) groups is 1. The molecule has 1 saturated heterocycles. The second-order valence-electron chi connectivity index (χ2n) is 5.07. The zero-order chi connectivity index (χ0) is 14.8. The fraction of sp³-hybridized carbons (Fsp3) is 0.235. The summed E-state index contributed by atoms with van der Waals surface area (Å²) in [4.78, 5) is 14.1. The monoisotopic (exact) mass is 301 g/mol. The third-order valence-corrected chi connectivity index (χ3v) is 4.07. The molecule has 1 amide bonds. The largest absolute Gasteiger partial charge is 0.497 e. The molecule has 0 aromatic heterocycles. The fourth-order valence-corrected chi connectivity index (χ4v) is 2.88. The van der Waals surface area contributed by atoms with Crippen molar-refractivity contribution in [1.29, 1.82) is 0 Å². The molecule has 108 valence electrons. The summed E-state index contributed by atoms with van der Waals surface area (Å²) in [5.74, 6) is 0.938. The van der Waals surface area contributed by atoms with E-state index in [9.17, 15) is 4.79 Å². The Bertz CT molecular complexity index is 637. The van der Waals surface area contributed by atoms with Gasteiger partial charge in [-0.15, -0.1) is 0 Å². The van der Waals surface area contributed by atoms with Crippen LogP contribution in [0.3, 0.4) is 0 Å². The number of hydrogen-bond acceptors (Lipinski definition) is 2.